The van der Waals surface area contributed by atoms with Crippen LogP contribution in [0.15, 0.2) is 34.6 Å². The van der Waals surface area contributed by atoms with Gasteiger partial charge in [-0.1, -0.05) is 6.92 Å². The van der Waals surface area contributed by atoms with Crippen LogP contribution >= 0.6 is 0 Å². The van der Waals surface area contributed by atoms with Crippen LogP contribution < -0.4 is 5.32 Å². The largest absolute Gasteiger partial charge is 0.460 e. The number of allylic oxidation sites excluding steroid dienone is 2. The van der Waals surface area contributed by atoms with E-state index in [-0.39, 0.29) is 29.2 Å². The molecule has 1 heterocycles. The van der Waals surface area contributed by atoms with E-state index in [0.29, 0.717) is 16.9 Å². The van der Waals surface area contributed by atoms with E-state index in [1.54, 1.807) is 12.3 Å². The third-order valence-corrected chi connectivity index (χ3v) is 7.17. The van der Waals surface area contributed by atoms with Gasteiger partial charge in [0.1, 0.15) is 0 Å². The highest BCUT2D eigenvalue weighted by Crippen LogP contribution is 2.50. The Labute approximate surface area is 178 Å². The second kappa shape index (κ2) is 6.48. The molecule has 160 valence electrons. The Kier molecular flexibility index (Phi) is 4.16. The van der Waals surface area contributed by atoms with E-state index < -0.39 is 32.9 Å². The number of Topliss-reactive ketones (excluding diaryl/α,β-unsaturated/α-hetero) is 1. The maximum absolute atomic E-state index is 13.1. The summed E-state index contributed by atoms with van der Waals surface area (Å²) < 4.78 is 36.3. The van der Waals surface area contributed by atoms with E-state index >= 15 is 0 Å². The third kappa shape index (κ3) is 2.91. The van der Waals surface area contributed by atoms with Crippen LogP contribution in [0.2, 0.25) is 0 Å². The van der Waals surface area contributed by atoms with Gasteiger partial charge >= 0.3 is 0 Å². The summed E-state index contributed by atoms with van der Waals surface area (Å²) in [5.74, 6) is -1.50. The minimum Gasteiger partial charge on any atom is -0.460 e. The highest BCUT2D eigenvalue weighted by Gasteiger charge is 2.46. The summed E-state index contributed by atoms with van der Waals surface area (Å²) in [6.45, 7) is 1.81. The Morgan fingerprint density at radius 2 is 1.90 bits per heavy atom. The summed E-state index contributed by atoms with van der Waals surface area (Å²) in [6.07, 6.45) is 5.23. The van der Waals surface area contributed by atoms with Crippen LogP contribution in [0, 0.1) is 0 Å². The van der Waals surface area contributed by atoms with Crippen molar-refractivity contribution in [1.29, 1.82) is 0 Å². The Hall–Kier alpha value is -3.04. The maximum atomic E-state index is 13.1. The number of rotatable bonds is 4. The van der Waals surface area contributed by atoms with Gasteiger partial charge in [-0.25, -0.2) is 0 Å². The fraction of sp³-hybridized carbons (Fsp3) is 0.318. The minimum atomic E-state index is -4.21. The molecule has 0 amide bonds. The number of carbonyl (C=O) groups excluding carboxylic acids is 3. The van der Waals surface area contributed by atoms with Gasteiger partial charge in [-0.05, 0) is 42.5 Å². The van der Waals surface area contributed by atoms with Gasteiger partial charge in [-0.2, -0.15) is 8.42 Å². The predicted molar refractivity (Wildman–Crippen MR) is 109 cm³/mol. The first-order chi connectivity index (χ1) is 14.6. The quantitative estimate of drug-likeness (QED) is 0.691. The molecule has 1 aromatic carbocycles. The number of hydrogen-bond acceptors (Lipinski definition) is 7. The van der Waals surface area contributed by atoms with Gasteiger partial charge in [0.05, 0.1) is 17.7 Å². The first-order valence-corrected chi connectivity index (χ1v) is 11.5. The number of aryl methyl sites for hydroxylation is 1. The monoisotopic (exact) mass is 441 g/mol. The molecule has 0 spiro atoms. The van der Waals surface area contributed by atoms with Crippen molar-refractivity contribution in [2.45, 2.75) is 31.6 Å². The number of fused-ring (bicyclic) bond motifs is 3. The number of carbonyl (C=O) groups is 3. The minimum absolute atomic E-state index is 0.0401. The van der Waals surface area contributed by atoms with Crippen molar-refractivity contribution in [2.24, 2.45) is 0 Å². The van der Waals surface area contributed by atoms with Crippen molar-refractivity contribution in [3.8, 4) is 0 Å². The Morgan fingerprint density at radius 1 is 1.13 bits per heavy atom. The van der Waals surface area contributed by atoms with Crippen LogP contribution in [-0.4, -0.2) is 42.6 Å². The van der Waals surface area contributed by atoms with Crippen molar-refractivity contribution >= 4 is 27.5 Å². The molecule has 0 aliphatic heterocycles. The Balaban J connectivity index is 1.59. The van der Waals surface area contributed by atoms with E-state index in [1.165, 1.54) is 6.07 Å². The third-order valence-electron chi connectivity index (χ3n) is 6.45. The van der Waals surface area contributed by atoms with Crippen LogP contribution in [0.1, 0.15) is 73.3 Å². The molecule has 0 radical (unpaired) electrons. The summed E-state index contributed by atoms with van der Waals surface area (Å²) in [6, 6.07) is 3.11. The molecule has 1 unspecified atom stereocenters. The summed E-state index contributed by atoms with van der Waals surface area (Å²) in [4.78, 5) is 38.9. The van der Waals surface area contributed by atoms with E-state index in [2.05, 4.69) is 5.32 Å². The first-order valence-electron chi connectivity index (χ1n) is 9.94. The maximum Gasteiger partial charge on any atom is 0.266 e. The molecular formula is C22H19NO7S. The average molecular weight is 441 g/mol. The van der Waals surface area contributed by atoms with Crippen molar-refractivity contribution in [1.82, 2.24) is 5.32 Å². The molecule has 3 aliphatic rings. The molecule has 1 aromatic heterocycles. The van der Waals surface area contributed by atoms with Crippen molar-refractivity contribution in [2.75, 3.05) is 12.3 Å². The molecule has 0 bridgehead atoms. The van der Waals surface area contributed by atoms with Gasteiger partial charge in [0.15, 0.2) is 11.5 Å². The highest BCUT2D eigenvalue weighted by molar-refractivity contribution is 7.85. The van der Waals surface area contributed by atoms with Gasteiger partial charge in [0, 0.05) is 40.3 Å². The molecule has 8 nitrogen and oxygen atoms in total. The standard InChI is InChI=1S/C22H19NO7S/c1-22-4-2-3-11-10-30-21(18(11)22)20(26)14-7-12-13(8-15(14)22)19(25)16(9-17(12)24)23-5-6-31(27,28)29/h7-10,23H,2-6H2,1H3,(H,27,28,29). The second-order valence-corrected chi connectivity index (χ2v) is 9.96. The van der Waals surface area contributed by atoms with Crippen molar-refractivity contribution in [3.05, 3.63) is 69.3 Å². The zero-order valence-electron chi connectivity index (χ0n) is 16.6. The lowest BCUT2D eigenvalue weighted by molar-refractivity contribution is 0.0974. The van der Waals surface area contributed by atoms with E-state index in [1.807, 2.05) is 6.92 Å². The van der Waals surface area contributed by atoms with Crippen LogP contribution in [0.5, 0.6) is 0 Å². The van der Waals surface area contributed by atoms with Crippen molar-refractivity contribution < 1.29 is 31.8 Å². The SMILES string of the molecule is CC12CCCc3coc(c31)C(=O)c1cc3c(cc12)C(=O)C(NCCS(=O)(=O)O)=CC3=O. The number of furan rings is 1. The fourth-order valence-corrected chi connectivity index (χ4v) is 5.36. The Morgan fingerprint density at radius 3 is 2.65 bits per heavy atom. The van der Waals surface area contributed by atoms with Crippen LogP contribution in [0.3, 0.4) is 0 Å². The number of nitrogens with one attached hydrogen (secondary N) is 1. The zero-order chi connectivity index (χ0) is 22.1. The molecule has 0 saturated heterocycles. The second-order valence-electron chi connectivity index (χ2n) is 8.39. The topological polar surface area (TPSA) is 131 Å². The lowest BCUT2D eigenvalue weighted by Gasteiger charge is -2.39. The van der Waals surface area contributed by atoms with Gasteiger partial charge in [-0.3, -0.25) is 18.9 Å². The first kappa shape index (κ1) is 19.9. The molecule has 9 heteroatoms. The highest BCUT2D eigenvalue weighted by atomic mass is 32.2. The predicted octanol–water partition coefficient (Wildman–Crippen LogP) is 2.21. The van der Waals surface area contributed by atoms with Gasteiger partial charge < -0.3 is 9.73 Å². The molecule has 3 aliphatic carbocycles. The average Bonchev–Trinajstić information content (AvgIpc) is 3.14. The molecule has 5 rings (SSSR count). The summed E-state index contributed by atoms with van der Waals surface area (Å²) in [5, 5.41) is 2.62. The zero-order valence-corrected chi connectivity index (χ0v) is 17.5. The smallest absolute Gasteiger partial charge is 0.266 e. The van der Waals surface area contributed by atoms with Crippen LogP contribution in [0.25, 0.3) is 0 Å². The summed E-state index contributed by atoms with van der Waals surface area (Å²) in [5.41, 5.74) is 2.70. The number of hydrogen-bond donors (Lipinski definition) is 2. The summed E-state index contributed by atoms with van der Waals surface area (Å²) in [7, 11) is -4.21. The lowest BCUT2D eigenvalue weighted by Crippen LogP contribution is -2.37. The lowest BCUT2D eigenvalue weighted by atomic mass is 9.62. The molecule has 31 heavy (non-hydrogen) atoms. The fourth-order valence-electron chi connectivity index (χ4n) is 5.00. The van der Waals surface area contributed by atoms with Crippen LogP contribution in [-0.2, 0) is 22.0 Å². The molecule has 0 saturated carbocycles. The van der Waals surface area contributed by atoms with E-state index in [0.717, 1.165) is 36.5 Å². The molecule has 1 atom stereocenters. The molecule has 0 fully saturated rings. The van der Waals surface area contributed by atoms with E-state index in [4.69, 9.17) is 8.97 Å². The normalized spacial score (nSPS) is 21.9. The van der Waals surface area contributed by atoms with Gasteiger partial charge in [-0.15, -0.1) is 0 Å². The number of ketones is 3. The summed E-state index contributed by atoms with van der Waals surface area (Å²) >= 11 is 0. The van der Waals surface area contributed by atoms with Crippen molar-refractivity contribution in [3.63, 3.8) is 0 Å². The van der Waals surface area contributed by atoms with E-state index in [9.17, 15) is 22.8 Å². The number of benzene rings is 1. The Bertz CT molecular complexity index is 1330. The van der Waals surface area contributed by atoms with Gasteiger partial charge in [0.25, 0.3) is 10.1 Å². The molecule has 2 aromatic rings. The molecular weight excluding hydrogens is 422 g/mol. The van der Waals surface area contributed by atoms with Crippen LogP contribution in [0.4, 0.5) is 0 Å². The molecule has 2 N–H and O–H groups in total. The van der Waals surface area contributed by atoms with Gasteiger partial charge in [0.2, 0.25) is 11.6 Å².